The van der Waals surface area contributed by atoms with Crippen LogP contribution in [0.15, 0.2) is 66.0 Å². The summed E-state index contributed by atoms with van der Waals surface area (Å²) in [5.41, 5.74) is 6.40. The van der Waals surface area contributed by atoms with Crippen LogP contribution >= 0.6 is 11.3 Å². The lowest BCUT2D eigenvalue weighted by molar-refractivity contribution is 0.629. The molecular weight excluding hydrogens is 420 g/mol. The van der Waals surface area contributed by atoms with Gasteiger partial charge in [0.2, 0.25) is 0 Å². The summed E-state index contributed by atoms with van der Waals surface area (Å²) < 4.78 is 0. The third-order valence-electron chi connectivity index (χ3n) is 6.42. The standard InChI is InChI=1S/C30H36N2S/c1-6-7-18-27(31-29-23(20(2)3)15-11-16-24(29)21(4)5)30-32-28(19-33-30)26-17-10-13-22-12-8-9-14-25(22)26/h8-17,19-21,27,31H,6-7,18H2,1-5H3. The first-order valence-corrected chi connectivity index (χ1v) is 13.2. The van der Waals surface area contributed by atoms with Gasteiger partial charge >= 0.3 is 0 Å². The molecule has 1 aromatic heterocycles. The van der Waals surface area contributed by atoms with Gasteiger partial charge in [0.1, 0.15) is 5.01 Å². The van der Waals surface area contributed by atoms with Crippen LogP contribution in [0.1, 0.15) is 87.9 Å². The minimum Gasteiger partial charge on any atom is -0.375 e. The van der Waals surface area contributed by atoms with E-state index in [0.29, 0.717) is 11.8 Å². The number of nitrogens with one attached hydrogen (secondary N) is 1. The fourth-order valence-electron chi connectivity index (χ4n) is 4.58. The molecule has 4 aromatic rings. The molecule has 1 atom stereocenters. The van der Waals surface area contributed by atoms with E-state index < -0.39 is 0 Å². The molecule has 2 nitrogen and oxygen atoms in total. The van der Waals surface area contributed by atoms with E-state index in [0.717, 1.165) is 12.1 Å². The molecular formula is C30H36N2S. The number of benzene rings is 3. The number of fused-ring (bicyclic) bond motifs is 1. The second kappa shape index (κ2) is 10.5. The molecule has 0 radical (unpaired) electrons. The van der Waals surface area contributed by atoms with Gasteiger partial charge in [-0.2, -0.15) is 0 Å². The van der Waals surface area contributed by atoms with Gasteiger partial charge in [0.25, 0.3) is 0 Å². The summed E-state index contributed by atoms with van der Waals surface area (Å²) in [7, 11) is 0. The Morgan fingerprint density at radius 1 is 0.848 bits per heavy atom. The summed E-state index contributed by atoms with van der Waals surface area (Å²) in [6.07, 6.45) is 3.45. The topological polar surface area (TPSA) is 24.9 Å². The number of anilines is 1. The maximum atomic E-state index is 5.19. The lowest BCUT2D eigenvalue weighted by Crippen LogP contribution is -2.15. The van der Waals surface area contributed by atoms with Crippen LogP contribution in [-0.2, 0) is 0 Å². The predicted molar refractivity (Wildman–Crippen MR) is 146 cm³/mol. The molecule has 33 heavy (non-hydrogen) atoms. The van der Waals surface area contributed by atoms with E-state index in [1.165, 1.54) is 51.0 Å². The van der Waals surface area contributed by atoms with Crippen molar-refractivity contribution in [2.24, 2.45) is 0 Å². The minimum atomic E-state index is 0.219. The van der Waals surface area contributed by atoms with Gasteiger partial charge in [-0.15, -0.1) is 11.3 Å². The molecule has 0 aliphatic heterocycles. The maximum absolute atomic E-state index is 5.19. The third kappa shape index (κ3) is 5.14. The Labute approximate surface area is 203 Å². The van der Waals surface area contributed by atoms with Crippen molar-refractivity contribution in [3.8, 4) is 11.3 Å². The first-order chi connectivity index (χ1) is 16.0. The van der Waals surface area contributed by atoms with Gasteiger partial charge in [-0.25, -0.2) is 4.98 Å². The quantitative estimate of drug-likeness (QED) is 0.271. The van der Waals surface area contributed by atoms with Crippen LogP contribution < -0.4 is 5.32 Å². The summed E-state index contributed by atoms with van der Waals surface area (Å²) in [6.45, 7) is 11.4. The molecule has 3 aromatic carbocycles. The highest BCUT2D eigenvalue weighted by Gasteiger charge is 2.21. The zero-order valence-electron chi connectivity index (χ0n) is 20.6. The number of thiazole rings is 1. The largest absolute Gasteiger partial charge is 0.375 e. The van der Waals surface area contributed by atoms with Gasteiger partial charge in [0.05, 0.1) is 11.7 Å². The molecule has 0 aliphatic rings. The SMILES string of the molecule is CCCCC(Nc1c(C(C)C)cccc1C(C)C)c1nc(-c2cccc3ccccc23)cs1. The number of para-hydroxylation sites is 1. The number of nitrogens with zero attached hydrogens (tertiary/aromatic N) is 1. The number of rotatable bonds is 9. The maximum Gasteiger partial charge on any atom is 0.116 e. The van der Waals surface area contributed by atoms with Gasteiger partial charge in [-0.05, 0) is 40.2 Å². The molecule has 0 fully saturated rings. The van der Waals surface area contributed by atoms with E-state index in [1.54, 1.807) is 11.3 Å². The Bertz CT molecular complexity index is 1170. The van der Waals surface area contributed by atoms with Crippen molar-refractivity contribution >= 4 is 27.8 Å². The number of unbranched alkanes of at least 4 members (excludes halogenated alkanes) is 1. The summed E-state index contributed by atoms with van der Waals surface area (Å²) in [5.74, 6) is 0.945. The second-order valence-electron chi connectivity index (χ2n) is 9.56. The molecule has 0 spiro atoms. The van der Waals surface area contributed by atoms with E-state index in [1.807, 2.05) is 0 Å². The normalized spacial score (nSPS) is 12.6. The fraction of sp³-hybridized carbons (Fsp3) is 0.367. The molecule has 0 bridgehead atoms. The molecule has 0 saturated heterocycles. The van der Waals surface area contributed by atoms with E-state index in [9.17, 15) is 0 Å². The van der Waals surface area contributed by atoms with Crippen molar-refractivity contribution in [2.75, 3.05) is 5.32 Å². The molecule has 0 amide bonds. The predicted octanol–water partition coefficient (Wildman–Crippen LogP) is 9.55. The number of hydrogen-bond acceptors (Lipinski definition) is 3. The summed E-state index contributed by atoms with van der Waals surface area (Å²) in [5, 5.41) is 9.92. The monoisotopic (exact) mass is 456 g/mol. The fourth-order valence-corrected chi connectivity index (χ4v) is 5.48. The van der Waals surface area contributed by atoms with Crippen molar-refractivity contribution in [1.29, 1.82) is 0 Å². The smallest absolute Gasteiger partial charge is 0.116 e. The van der Waals surface area contributed by atoms with E-state index in [2.05, 4.69) is 106 Å². The first kappa shape index (κ1) is 23.5. The molecule has 0 aliphatic carbocycles. The Hall–Kier alpha value is -2.65. The van der Waals surface area contributed by atoms with E-state index >= 15 is 0 Å². The van der Waals surface area contributed by atoms with Crippen LogP contribution in [0.4, 0.5) is 5.69 Å². The number of hydrogen-bond donors (Lipinski definition) is 1. The molecule has 1 unspecified atom stereocenters. The van der Waals surface area contributed by atoms with Crippen molar-refractivity contribution in [3.05, 3.63) is 82.2 Å². The molecule has 1 N–H and O–H groups in total. The van der Waals surface area contributed by atoms with Crippen molar-refractivity contribution in [1.82, 2.24) is 4.98 Å². The lowest BCUT2D eigenvalue weighted by atomic mass is 9.92. The van der Waals surface area contributed by atoms with Crippen LogP contribution in [0.3, 0.4) is 0 Å². The van der Waals surface area contributed by atoms with E-state index in [-0.39, 0.29) is 6.04 Å². The highest BCUT2D eigenvalue weighted by Crippen LogP contribution is 2.38. The minimum absolute atomic E-state index is 0.219. The molecule has 3 heteroatoms. The van der Waals surface area contributed by atoms with Gasteiger partial charge in [-0.3, -0.25) is 0 Å². The van der Waals surface area contributed by atoms with Gasteiger partial charge in [0.15, 0.2) is 0 Å². The highest BCUT2D eigenvalue weighted by molar-refractivity contribution is 7.10. The average molecular weight is 457 g/mol. The van der Waals surface area contributed by atoms with Crippen molar-refractivity contribution in [2.45, 2.75) is 71.8 Å². The van der Waals surface area contributed by atoms with Crippen molar-refractivity contribution in [3.63, 3.8) is 0 Å². The zero-order chi connectivity index (χ0) is 23.4. The highest BCUT2D eigenvalue weighted by atomic mass is 32.1. The average Bonchev–Trinajstić information content (AvgIpc) is 3.31. The van der Waals surface area contributed by atoms with Crippen LogP contribution in [0, 0.1) is 0 Å². The summed E-state index contributed by atoms with van der Waals surface area (Å²) >= 11 is 1.79. The van der Waals surface area contributed by atoms with Gasteiger partial charge in [0, 0.05) is 16.6 Å². The second-order valence-corrected chi connectivity index (χ2v) is 10.4. The zero-order valence-corrected chi connectivity index (χ0v) is 21.4. The Morgan fingerprint density at radius 3 is 2.21 bits per heavy atom. The molecule has 0 saturated carbocycles. The molecule has 172 valence electrons. The van der Waals surface area contributed by atoms with Crippen LogP contribution in [0.2, 0.25) is 0 Å². The third-order valence-corrected chi connectivity index (χ3v) is 7.38. The molecule has 1 heterocycles. The number of aromatic nitrogens is 1. The van der Waals surface area contributed by atoms with Gasteiger partial charge in [-0.1, -0.05) is 108 Å². The Morgan fingerprint density at radius 2 is 1.52 bits per heavy atom. The van der Waals surface area contributed by atoms with Crippen LogP contribution in [0.5, 0.6) is 0 Å². The first-order valence-electron chi connectivity index (χ1n) is 12.3. The summed E-state index contributed by atoms with van der Waals surface area (Å²) in [6, 6.07) is 22.1. The van der Waals surface area contributed by atoms with Crippen molar-refractivity contribution < 1.29 is 0 Å². The van der Waals surface area contributed by atoms with Crippen LogP contribution in [-0.4, -0.2) is 4.98 Å². The lowest BCUT2D eigenvalue weighted by Gasteiger charge is -2.25. The van der Waals surface area contributed by atoms with Crippen LogP contribution in [0.25, 0.3) is 22.0 Å². The summed E-state index contributed by atoms with van der Waals surface area (Å²) in [4.78, 5) is 5.19. The Balaban J connectivity index is 1.73. The van der Waals surface area contributed by atoms with E-state index in [4.69, 9.17) is 4.98 Å². The Kier molecular flexibility index (Phi) is 7.49. The molecule has 4 rings (SSSR count). The van der Waals surface area contributed by atoms with Gasteiger partial charge < -0.3 is 5.32 Å².